The average molecular weight is 417 g/mol. The van der Waals surface area contributed by atoms with Gasteiger partial charge in [-0.3, -0.25) is 9.89 Å². The number of aromatic nitrogens is 1. The van der Waals surface area contributed by atoms with E-state index in [4.69, 9.17) is 4.74 Å². The van der Waals surface area contributed by atoms with Gasteiger partial charge in [-0.15, -0.1) is 0 Å². The molecule has 1 unspecified atom stereocenters. The molecular weight excluding hydrogens is 376 g/mol. The van der Waals surface area contributed by atoms with Crippen molar-refractivity contribution in [3.05, 3.63) is 23.9 Å². The van der Waals surface area contributed by atoms with E-state index in [9.17, 15) is 0 Å². The normalized spacial score (nSPS) is 19.3. The summed E-state index contributed by atoms with van der Waals surface area (Å²) < 4.78 is 5.57. The zero-order valence-electron chi connectivity index (χ0n) is 19.1. The van der Waals surface area contributed by atoms with Crippen molar-refractivity contribution in [1.82, 2.24) is 20.5 Å². The van der Waals surface area contributed by atoms with Gasteiger partial charge in [0, 0.05) is 58.6 Å². The van der Waals surface area contributed by atoms with Crippen LogP contribution in [-0.4, -0.2) is 74.9 Å². The van der Waals surface area contributed by atoms with E-state index < -0.39 is 0 Å². The Kier molecular flexibility index (Phi) is 9.21. The minimum absolute atomic E-state index is 0.505. The second-order valence-electron chi connectivity index (χ2n) is 8.32. The van der Waals surface area contributed by atoms with E-state index >= 15 is 0 Å². The predicted octanol–water partition coefficient (Wildman–Crippen LogP) is 2.48. The molecule has 0 amide bonds. The summed E-state index contributed by atoms with van der Waals surface area (Å²) in [5.41, 5.74) is 1.24. The lowest BCUT2D eigenvalue weighted by molar-refractivity contribution is 0.00272. The highest BCUT2D eigenvalue weighted by atomic mass is 16.5. The molecule has 2 N–H and O–H groups in total. The van der Waals surface area contributed by atoms with Gasteiger partial charge in [0.1, 0.15) is 5.82 Å². The highest BCUT2D eigenvalue weighted by Gasteiger charge is 2.27. The standard InChI is InChI=1S/C23H40N6O/c1-4-20(5-2)21(28-12-14-30-15-13-28)18-27-23(24-3)26-17-19-8-9-25-22(16-19)29-10-6-7-11-29/h8-9,16,20-21H,4-7,10-15,17-18H2,1-3H3,(H2,24,26,27). The van der Waals surface area contributed by atoms with Crippen LogP contribution < -0.4 is 15.5 Å². The van der Waals surface area contributed by atoms with Crippen LogP contribution in [0.3, 0.4) is 0 Å². The van der Waals surface area contributed by atoms with Gasteiger partial charge in [0.25, 0.3) is 0 Å². The summed E-state index contributed by atoms with van der Waals surface area (Å²) in [5.74, 6) is 2.63. The van der Waals surface area contributed by atoms with Crippen molar-refractivity contribution < 1.29 is 4.74 Å². The van der Waals surface area contributed by atoms with Gasteiger partial charge in [-0.05, 0) is 36.5 Å². The summed E-state index contributed by atoms with van der Waals surface area (Å²) in [7, 11) is 1.85. The summed E-state index contributed by atoms with van der Waals surface area (Å²) in [4.78, 5) is 14.0. The number of pyridine rings is 1. The Morgan fingerprint density at radius 2 is 1.87 bits per heavy atom. The Bertz CT molecular complexity index is 651. The van der Waals surface area contributed by atoms with Crippen LogP contribution in [0.25, 0.3) is 0 Å². The van der Waals surface area contributed by atoms with Gasteiger partial charge in [-0.1, -0.05) is 26.7 Å². The molecule has 168 valence electrons. The van der Waals surface area contributed by atoms with E-state index in [0.717, 1.165) is 64.3 Å². The third-order valence-electron chi connectivity index (χ3n) is 6.51. The quantitative estimate of drug-likeness (QED) is 0.476. The number of ether oxygens (including phenoxy) is 1. The molecule has 7 nitrogen and oxygen atoms in total. The third-order valence-corrected chi connectivity index (χ3v) is 6.51. The van der Waals surface area contributed by atoms with Crippen LogP contribution >= 0.6 is 0 Å². The van der Waals surface area contributed by atoms with E-state index in [-0.39, 0.29) is 0 Å². The van der Waals surface area contributed by atoms with E-state index in [1.54, 1.807) is 0 Å². The van der Waals surface area contributed by atoms with Crippen molar-refractivity contribution >= 4 is 11.8 Å². The molecule has 0 radical (unpaired) electrons. The summed E-state index contributed by atoms with van der Waals surface area (Å²) >= 11 is 0. The molecule has 2 aliphatic rings. The fraction of sp³-hybridized carbons (Fsp3) is 0.739. The maximum absolute atomic E-state index is 5.57. The molecule has 3 heterocycles. The molecule has 2 aliphatic heterocycles. The molecule has 1 aromatic heterocycles. The molecule has 3 rings (SSSR count). The van der Waals surface area contributed by atoms with Crippen LogP contribution in [0.1, 0.15) is 45.1 Å². The zero-order chi connectivity index (χ0) is 21.2. The van der Waals surface area contributed by atoms with Crippen molar-refractivity contribution in [2.75, 3.05) is 57.9 Å². The van der Waals surface area contributed by atoms with E-state index in [0.29, 0.717) is 12.0 Å². The van der Waals surface area contributed by atoms with Gasteiger partial charge in [-0.2, -0.15) is 0 Å². The summed E-state index contributed by atoms with van der Waals surface area (Å²) in [6, 6.07) is 4.79. The maximum atomic E-state index is 5.57. The van der Waals surface area contributed by atoms with Crippen LogP contribution in [-0.2, 0) is 11.3 Å². The molecule has 2 saturated heterocycles. The van der Waals surface area contributed by atoms with Gasteiger partial charge in [0.05, 0.1) is 13.2 Å². The first-order valence-electron chi connectivity index (χ1n) is 11.7. The molecule has 0 spiro atoms. The average Bonchev–Trinajstić information content (AvgIpc) is 3.34. The molecule has 0 bridgehead atoms. The fourth-order valence-electron chi connectivity index (χ4n) is 4.63. The molecule has 0 aliphatic carbocycles. The van der Waals surface area contributed by atoms with Crippen LogP contribution in [0, 0.1) is 5.92 Å². The lowest BCUT2D eigenvalue weighted by Crippen LogP contribution is -2.53. The minimum atomic E-state index is 0.505. The number of nitrogens with one attached hydrogen (secondary N) is 2. The van der Waals surface area contributed by atoms with E-state index in [1.165, 1.54) is 31.2 Å². The van der Waals surface area contributed by atoms with Crippen molar-refractivity contribution in [2.24, 2.45) is 10.9 Å². The number of nitrogens with zero attached hydrogens (tertiary/aromatic N) is 4. The summed E-state index contributed by atoms with van der Waals surface area (Å²) in [6.07, 6.45) is 6.84. The lowest BCUT2D eigenvalue weighted by atomic mass is 9.92. The number of rotatable bonds is 9. The van der Waals surface area contributed by atoms with Crippen molar-refractivity contribution in [3.63, 3.8) is 0 Å². The van der Waals surface area contributed by atoms with E-state index in [1.807, 2.05) is 13.2 Å². The predicted molar refractivity (Wildman–Crippen MR) is 124 cm³/mol. The molecule has 7 heteroatoms. The van der Waals surface area contributed by atoms with Gasteiger partial charge < -0.3 is 20.3 Å². The number of aliphatic imine (C=N–C) groups is 1. The number of morpholine rings is 1. The number of anilines is 1. The number of hydrogen-bond donors (Lipinski definition) is 2. The second-order valence-corrected chi connectivity index (χ2v) is 8.32. The smallest absolute Gasteiger partial charge is 0.191 e. The molecule has 0 aromatic carbocycles. The number of hydrogen-bond acceptors (Lipinski definition) is 5. The molecule has 0 saturated carbocycles. The Morgan fingerprint density at radius 3 is 2.53 bits per heavy atom. The Labute approximate surface area is 182 Å². The Balaban J connectivity index is 1.54. The zero-order valence-corrected chi connectivity index (χ0v) is 19.1. The highest BCUT2D eigenvalue weighted by molar-refractivity contribution is 5.79. The third kappa shape index (κ3) is 6.32. The van der Waals surface area contributed by atoms with Crippen molar-refractivity contribution in [1.29, 1.82) is 0 Å². The molecule has 1 aromatic rings. The monoisotopic (exact) mass is 416 g/mol. The first-order chi connectivity index (χ1) is 14.7. The Hall–Kier alpha value is -1.86. The minimum Gasteiger partial charge on any atom is -0.379 e. The van der Waals surface area contributed by atoms with Crippen molar-refractivity contribution in [2.45, 2.75) is 52.1 Å². The topological polar surface area (TPSA) is 65.0 Å². The van der Waals surface area contributed by atoms with Crippen LogP contribution in [0.5, 0.6) is 0 Å². The first kappa shape index (κ1) is 22.8. The first-order valence-corrected chi connectivity index (χ1v) is 11.7. The second kappa shape index (κ2) is 12.1. The SMILES string of the molecule is CCC(CC)C(CNC(=NC)NCc1ccnc(N2CCCC2)c1)N1CCOCC1. The fourth-order valence-corrected chi connectivity index (χ4v) is 4.63. The van der Waals surface area contributed by atoms with E-state index in [2.05, 4.69) is 56.4 Å². The van der Waals surface area contributed by atoms with Crippen LogP contribution in [0.15, 0.2) is 23.3 Å². The molecular formula is C23H40N6O. The Morgan fingerprint density at radius 1 is 1.13 bits per heavy atom. The van der Waals surface area contributed by atoms with Gasteiger partial charge >= 0.3 is 0 Å². The summed E-state index contributed by atoms with van der Waals surface area (Å²) in [5, 5.41) is 7.07. The molecule has 2 fully saturated rings. The number of guanidine groups is 1. The molecule has 1 atom stereocenters. The maximum Gasteiger partial charge on any atom is 0.191 e. The van der Waals surface area contributed by atoms with Crippen molar-refractivity contribution in [3.8, 4) is 0 Å². The largest absolute Gasteiger partial charge is 0.379 e. The van der Waals surface area contributed by atoms with Crippen LogP contribution in [0.2, 0.25) is 0 Å². The van der Waals surface area contributed by atoms with Gasteiger partial charge in [-0.25, -0.2) is 4.98 Å². The van der Waals surface area contributed by atoms with Gasteiger partial charge in [0.2, 0.25) is 0 Å². The lowest BCUT2D eigenvalue weighted by Gasteiger charge is -2.39. The summed E-state index contributed by atoms with van der Waals surface area (Å²) in [6.45, 7) is 12.2. The van der Waals surface area contributed by atoms with Gasteiger partial charge in [0.15, 0.2) is 5.96 Å². The highest BCUT2D eigenvalue weighted by Crippen LogP contribution is 2.20. The van der Waals surface area contributed by atoms with Crippen LogP contribution in [0.4, 0.5) is 5.82 Å². The molecule has 30 heavy (non-hydrogen) atoms.